The average Bonchev–Trinajstić information content (AvgIpc) is 3.60. The second-order valence-corrected chi connectivity index (χ2v) is 13.9. The van der Waals surface area contributed by atoms with E-state index in [2.05, 4.69) is 159 Å². The molecule has 0 amide bonds. The van der Waals surface area contributed by atoms with Gasteiger partial charge >= 0.3 is 0 Å². The fraction of sp³-hybridized carbons (Fsp3) is 0.0625. The summed E-state index contributed by atoms with van der Waals surface area (Å²) in [5.41, 5.74) is 18.6. The van der Waals surface area contributed by atoms with E-state index in [1.165, 1.54) is 93.9 Å². The minimum absolute atomic E-state index is 0.206. The second kappa shape index (κ2) is 10.1. The van der Waals surface area contributed by atoms with Crippen molar-refractivity contribution in [3.05, 3.63) is 168 Å². The van der Waals surface area contributed by atoms with Crippen molar-refractivity contribution >= 4 is 21.5 Å². The molecule has 0 fully saturated rings. The van der Waals surface area contributed by atoms with Crippen LogP contribution in [0, 0.1) is 11.3 Å². The Morgan fingerprint density at radius 1 is 0.408 bits per heavy atom. The summed E-state index contributed by atoms with van der Waals surface area (Å²) in [4.78, 5) is 0. The van der Waals surface area contributed by atoms with Crippen molar-refractivity contribution in [1.29, 1.82) is 5.26 Å². The van der Waals surface area contributed by atoms with Crippen molar-refractivity contribution in [2.75, 3.05) is 0 Å². The maximum Gasteiger partial charge on any atom is 0.0991 e. The summed E-state index contributed by atoms with van der Waals surface area (Å²) in [7, 11) is 0. The molecule has 49 heavy (non-hydrogen) atoms. The minimum atomic E-state index is -0.206. The molecule has 0 bridgehead atoms. The highest BCUT2D eigenvalue weighted by Crippen LogP contribution is 2.62. The summed E-state index contributed by atoms with van der Waals surface area (Å²) in [6.45, 7) is 4.76. The number of hydrogen-bond acceptors (Lipinski definition) is 1. The molecule has 8 aromatic rings. The molecule has 0 radical (unpaired) electrons. The van der Waals surface area contributed by atoms with Crippen molar-refractivity contribution in [1.82, 2.24) is 0 Å². The van der Waals surface area contributed by atoms with Gasteiger partial charge in [0, 0.05) is 5.41 Å². The van der Waals surface area contributed by atoms with Crippen molar-refractivity contribution in [2.45, 2.75) is 19.3 Å². The van der Waals surface area contributed by atoms with Crippen molar-refractivity contribution < 1.29 is 0 Å². The number of benzene rings is 8. The van der Waals surface area contributed by atoms with Gasteiger partial charge in [-0.3, -0.25) is 0 Å². The third kappa shape index (κ3) is 3.80. The number of nitriles is 1. The average molecular weight is 622 g/mol. The Kier molecular flexibility index (Phi) is 5.76. The Bertz CT molecular complexity index is 2710. The number of hydrogen-bond donors (Lipinski definition) is 0. The van der Waals surface area contributed by atoms with E-state index in [1.807, 2.05) is 12.1 Å². The topological polar surface area (TPSA) is 23.8 Å². The Morgan fingerprint density at radius 3 is 1.61 bits per heavy atom. The van der Waals surface area contributed by atoms with Crippen LogP contribution in [0.2, 0.25) is 0 Å². The second-order valence-electron chi connectivity index (χ2n) is 13.9. The molecular weight excluding hydrogens is 591 g/mol. The van der Waals surface area contributed by atoms with Gasteiger partial charge in [0.1, 0.15) is 0 Å². The molecule has 0 unspecified atom stereocenters. The van der Waals surface area contributed by atoms with Crippen LogP contribution in [0.4, 0.5) is 0 Å². The van der Waals surface area contributed by atoms with E-state index in [0.717, 1.165) is 5.56 Å². The molecule has 0 saturated carbocycles. The first-order chi connectivity index (χ1) is 24.0. The summed E-state index contributed by atoms with van der Waals surface area (Å²) < 4.78 is 0. The van der Waals surface area contributed by atoms with Gasteiger partial charge in [-0.15, -0.1) is 0 Å². The largest absolute Gasteiger partial charge is 0.192 e. The van der Waals surface area contributed by atoms with E-state index in [1.54, 1.807) is 0 Å². The van der Waals surface area contributed by atoms with E-state index in [4.69, 9.17) is 0 Å². The molecule has 1 nitrogen and oxygen atoms in total. The summed E-state index contributed by atoms with van der Waals surface area (Å²) in [6.07, 6.45) is 0. The van der Waals surface area contributed by atoms with Crippen LogP contribution < -0.4 is 0 Å². The summed E-state index contributed by atoms with van der Waals surface area (Å²) in [5.74, 6) is 0. The Morgan fingerprint density at radius 2 is 0.980 bits per heavy atom. The highest BCUT2D eigenvalue weighted by atomic mass is 14.4. The van der Waals surface area contributed by atoms with Gasteiger partial charge in [0.2, 0.25) is 0 Å². The third-order valence-corrected chi connectivity index (χ3v) is 11.0. The summed E-state index contributed by atoms with van der Waals surface area (Å²) >= 11 is 0. The van der Waals surface area contributed by atoms with Gasteiger partial charge in [0.15, 0.2) is 0 Å². The van der Waals surface area contributed by atoms with Crippen molar-refractivity contribution in [3.8, 4) is 72.8 Å². The molecule has 0 spiro atoms. The molecule has 0 N–H and O–H groups in total. The predicted molar refractivity (Wildman–Crippen MR) is 204 cm³/mol. The molecule has 2 aliphatic carbocycles. The first kappa shape index (κ1) is 27.8. The van der Waals surface area contributed by atoms with Crippen LogP contribution in [0.5, 0.6) is 0 Å². The van der Waals surface area contributed by atoms with Crippen LogP contribution in [0.3, 0.4) is 0 Å². The maximum atomic E-state index is 9.35. The zero-order chi connectivity index (χ0) is 32.9. The standard InChI is InChI=1S/C48H31N/c1-48(2)40-26-33(30-22-20-29(28-49)21-23-30)24-25-36(40)45-37-18-11-19-38-44(37)39(27-41(45)48)47-43(32-14-7-4-8-15-32)35-17-10-9-16-34(35)42(46(38)47)31-12-5-3-6-13-31/h3-27H,1-2H3. The number of nitrogens with zero attached hydrogens (tertiary/aromatic N) is 1. The van der Waals surface area contributed by atoms with Gasteiger partial charge in [-0.05, 0) is 124 Å². The molecule has 0 aromatic heterocycles. The quantitative estimate of drug-likeness (QED) is 0.193. The van der Waals surface area contributed by atoms with E-state index < -0.39 is 0 Å². The SMILES string of the molecule is CC1(C)c2cc(-c3ccc(C#N)cc3)ccc2-c2c1cc1c3c(cccc23)-c2c-1c(-c1ccccc1)c1ccccc1c2-c1ccccc1. The molecule has 10 rings (SSSR count). The highest BCUT2D eigenvalue weighted by molar-refractivity contribution is 6.29. The molecule has 0 atom stereocenters. The van der Waals surface area contributed by atoms with Crippen LogP contribution in [0.25, 0.3) is 88.3 Å². The highest BCUT2D eigenvalue weighted by Gasteiger charge is 2.40. The van der Waals surface area contributed by atoms with Gasteiger partial charge in [-0.1, -0.05) is 141 Å². The van der Waals surface area contributed by atoms with Crippen LogP contribution in [0.15, 0.2) is 152 Å². The molecule has 2 aliphatic rings. The third-order valence-electron chi connectivity index (χ3n) is 11.0. The van der Waals surface area contributed by atoms with E-state index in [-0.39, 0.29) is 5.41 Å². The van der Waals surface area contributed by atoms with Crippen LogP contribution in [-0.2, 0) is 5.41 Å². The molecule has 228 valence electrons. The van der Waals surface area contributed by atoms with Crippen LogP contribution in [-0.4, -0.2) is 0 Å². The lowest BCUT2D eigenvalue weighted by molar-refractivity contribution is 0.661. The Balaban J connectivity index is 1.31. The lowest BCUT2D eigenvalue weighted by Crippen LogP contribution is -2.15. The Hall–Kier alpha value is -6.23. The van der Waals surface area contributed by atoms with E-state index in [0.29, 0.717) is 5.56 Å². The normalized spacial score (nSPS) is 13.2. The Labute approximate surface area is 286 Å². The zero-order valence-corrected chi connectivity index (χ0v) is 27.4. The monoisotopic (exact) mass is 621 g/mol. The molecule has 1 heteroatoms. The first-order valence-electron chi connectivity index (χ1n) is 17.0. The molecule has 0 heterocycles. The summed E-state index contributed by atoms with van der Waals surface area (Å²) in [6, 6.07) is 57.5. The molecule has 0 aliphatic heterocycles. The molecular formula is C48H31N. The fourth-order valence-electron chi connectivity index (χ4n) is 8.80. The molecule has 0 saturated heterocycles. The zero-order valence-electron chi connectivity index (χ0n) is 27.4. The van der Waals surface area contributed by atoms with Crippen LogP contribution in [0.1, 0.15) is 30.5 Å². The lowest BCUT2D eigenvalue weighted by Gasteiger charge is -2.24. The van der Waals surface area contributed by atoms with E-state index in [9.17, 15) is 5.26 Å². The maximum absolute atomic E-state index is 9.35. The van der Waals surface area contributed by atoms with Crippen molar-refractivity contribution in [2.24, 2.45) is 0 Å². The number of fused-ring (bicyclic) bond motifs is 8. The fourth-order valence-corrected chi connectivity index (χ4v) is 8.80. The van der Waals surface area contributed by atoms with Crippen LogP contribution >= 0.6 is 0 Å². The number of rotatable bonds is 3. The van der Waals surface area contributed by atoms with Gasteiger partial charge in [-0.2, -0.15) is 5.26 Å². The van der Waals surface area contributed by atoms with Gasteiger partial charge in [-0.25, -0.2) is 0 Å². The van der Waals surface area contributed by atoms with Gasteiger partial charge in [0.05, 0.1) is 11.6 Å². The lowest BCUT2D eigenvalue weighted by atomic mass is 9.79. The first-order valence-corrected chi connectivity index (χ1v) is 17.0. The molecule has 8 aromatic carbocycles. The minimum Gasteiger partial charge on any atom is -0.192 e. The van der Waals surface area contributed by atoms with Crippen molar-refractivity contribution in [3.63, 3.8) is 0 Å². The summed E-state index contributed by atoms with van der Waals surface area (Å²) in [5, 5.41) is 14.6. The van der Waals surface area contributed by atoms with Gasteiger partial charge in [0.25, 0.3) is 0 Å². The predicted octanol–water partition coefficient (Wildman–Crippen LogP) is 12.8. The smallest absolute Gasteiger partial charge is 0.0991 e. The van der Waals surface area contributed by atoms with E-state index >= 15 is 0 Å². The van der Waals surface area contributed by atoms with Gasteiger partial charge < -0.3 is 0 Å².